The molecule has 2 heteroatoms. The first-order valence-electron chi connectivity index (χ1n) is 8.57. The Morgan fingerprint density at radius 2 is 1.55 bits per heavy atom. The van der Waals surface area contributed by atoms with E-state index in [0.717, 1.165) is 6.61 Å². The Kier molecular flexibility index (Phi) is 3.31. The second-order valence-electron chi connectivity index (χ2n) is 9.67. The Morgan fingerprint density at radius 1 is 0.950 bits per heavy atom. The van der Waals surface area contributed by atoms with Crippen molar-refractivity contribution in [3.63, 3.8) is 0 Å². The molecule has 0 amide bonds. The lowest BCUT2D eigenvalue weighted by atomic mass is 9.53. The average molecular weight is 279 g/mol. The van der Waals surface area contributed by atoms with Crippen LogP contribution < -0.4 is 5.73 Å². The van der Waals surface area contributed by atoms with E-state index in [4.69, 9.17) is 10.5 Å². The van der Waals surface area contributed by atoms with Gasteiger partial charge in [0.05, 0.1) is 5.60 Å². The maximum atomic E-state index is 7.03. The van der Waals surface area contributed by atoms with Gasteiger partial charge in [-0.25, -0.2) is 0 Å². The zero-order valence-corrected chi connectivity index (χ0v) is 13.9. The van der Waals surface area contributed by atoms with Gasteiger partial charge in [0.15, 0.2) is 0 Å². The van der Waals surface area contributed by atoms with Crippen molar-refractivity contribution >= 4 is 0 Å². The summed E-state index contributed by atoms with van der Waals surface area (Å²) < 4.78 is 6.12. The number of ether oxygens (including phenoxy) is 1. The van der Waals surface area contributed by atoms with Crippen LogP contribution in [-0.4, -0.2) is 17.7 Å². The highest BCUT2D eigenvalue weighted by Gasteiger charge is 2.53. The van der Waals surface area contributed by atoms with E-state index in [1.54, 1.807) is 0 Å². The molecule has 1 saturated heterocycles. The SMILES string of the molecule is CC1(C)CC(C)(C)CC(N)(C2CCOC3(CCC3)C2)C1. The standard InChI is InChI=1S/C18H33NO/c1-15(2)11-16(3,4)13-18(19,12-15)14-6-9-20-17(10-14)7-5-8-17/h14H,5-13,19H2,1-4H3. The van der Waals surface area contributed by atoms with Crippen LogP contribution in [0.3, 0.4) is 0 Å². The van der Waals surface area contributed by atoms with Gasteiger partial charge in [-0.1, -0.05) is 27.7 Å². The molecule has 116 valence electrons. The number of rotatable bonds is 1. The maximum Gasteiger partial charge on any atom is 0.0686 e. The topological polar surface area (TPSA) is 35.2 Å². The van der Waals surface area contributed by atoms with E-state index in [1.807, 2.05) is 0 Å². The monoisotopic (exact) mass is 279 g/mol. The van der Waals surface area contributed by atoms with E-state index in [-0.39, 0.29) is 11.1 Å². The highest BCUT2D eigenvalue weighted by atomic mass is 16.5. The van der Waals surface area contributed by atoms with Crippen LogP contribution in [0.2, 0.25) is 0 Å². The van der Waals surface area contributed by atoms with E-state index in [2.05, 4.69) is 27.7 Å². The molecular formula is C18H33NO. The van der Waals surface area contributed by atoms with Gasteiger partial charge in [0.25, 0.3) is 0 Å². The third-order valence-electron chi connectivity index (χ3n) is 6.14. The normalized spacial score (nSPS) is 37.4. The fourth-order valence-corrected chi connectivity index (χ4v) is 5.99. The first-order chi connectivity index (χ1) is 9.14. The van der Waals surface area contributed by atoms with Gasteiger partial charge in [-0.2, -0.15) is 0 Å². The lowest BCUT2D eigenvalue weighted by molar-refractivity contribution is -0.160. The molecule has 0 aromatic carbocycles. The molecule has 1 unspecified atom stereocenters. The van der Waals surface area contributed by atoms with Crippen LogP contribution >= 0.6 is 0 Å². The molecule has 0 bridgehead atoms. The van der Waals surface area contributed by atoms with Gasteiger partial charge in [-0.15, -0.1) is 0 Å². The largest absolute Gasteiger partial charge is 0.375 e. The third kappa shape index (κ3) is 2.66. The Balaban J connectivity index is 1.80. The van der Waals surface area contributed by atoms with Gasteiger partial charge in [0, 0.05) is 12.1 Å². The Morgan fingerprint density at radius 3 is 2.05 bits per heavy atom. The molecule has 2 N–H and O–H groups in total. The van der Waals surface area contributed by atoms with Gasteiger partial charge in [-0.3, -0.25) is 0 Å². The van der Waals surface area contributed by atoms with Gasteiger partial charge in [0.1, 0.15) is 0 Å². The summed E-state index contributed by atoms with van der Waals surface area (Å²) >= 11 is 0. The van der Waals surface area contributed by atoms with Crippen LogP contribution in [0.25, 0.3) is 0 Å². The summed E-state index contributed by atoms with van der Waals surface area (Å²) in [5, 5.41) is 0. The molecule has 0 aromatic rings. The zero-order valence-electron chi connectivity index (χ0n) is 13.9. The van der Waals surface area contributed by atoms with Gasteiger partial charge >= 0.3 is 0 Å². The van der Waals surface area contributed by atoms with Gasteiger partial charge in [-0.05, 0) is 68.1 Å². The van der Waals surface area contributed by atoms with Crippen molar-refractivity contribution in [3.05, 3.63) is 0 Å². The summed E-state index contributed by atoms with van der Waals surface area (Å²) in [4.78, 5) is 0. The lowest BCUT2D eigenvalue weighted by Gasteiger charge is -2.57. The van der Waals surface area contributed by atoms with Crippen LogP contribution in [0.5, 0.6) is 0 Å². The molecule has 1 atom stereocenters. The van der Waals surface area contributed by atoms with Crippen LogP contribution in [0.1, 0.15) is 79.1 Å². The molecule has 3 fully saturated rings. The summed E-state index contributed by atoms with van der Waals surface area (Å²) in [7, 11) is 0. The molecule has 1 heterocycles. The van der Waals surface area contributed by atoms with E-state index in [0.29, 0.717) is 16.7 Å². The van der Waals surface area contributed by atoms with E-state index in [9.17, 15) is 0 Å². The van der Waals surface area contributed by atoms with E-state index >= 15 is 0 Å². The van der Waals surface area contributed by atoms with E-state index < -0.39 is 0 Å². The minimum atomic E-state index is 0.0254. The lowest BCUT2D eigenvalue weighted by Crippen LogP contribution is -2.60. The Hall–Kier alpha value is -0.0800. The van der Waals surface area contributed by atoms with Crippen molar-refractivity contribution in [1.29, 1.82) is 0 Å². The molecule has 0 radical (unpaired) electrons. The molecule has 0 aromatic heterocycles. The van der Waals surface area contributed by atoms with Crippen molar-refractivity contribution in [2.45, 2.75) is 90.2 Å². The first-order valence-corrected chi connectivity index (χ1v) is 8.57. The van der Waals surface area contributed by atoms with Crippen molar-refractivity contribution < 1.29 is 4.74 Å². The Labute approximate surface area is 124 Å². The number of nitrogens with two attached hydrogens (primary N) is 1. The Bertz CT molecular complexity index is 365. The zero-order chi connectivity index (χ0) is 14.6. The second-order valence-corrected chi connectivity index (χ2v) is 9.67. The smallest absolute Gasteiger partial charge is 0.0686 e. The van der Waals surface area contributed by atoms with Crippen LogP contribution in [0, 0.1) is 16.7 Å². The van der Waals surface area contributed by atoms with Crippen molar-refractivity contribution in [2.24, 2.45) is 22.5 Å². The average Bonchev–Trinajstić information content (AvgIpc) is 2.22. The van der Waals surface area contributed by atoms with E-state index in [1.165, 1.54) is 51.4 Å². The molecular weight excluding hydrogens is 246 g/mol. The summed E-state index contributed by atoms with van der Waals surface area (Å²) in [6.07, 6.45) is 9.95. The predicted octanol–water partition coefficient (Wildman–Crippen LogP) is 4.27. The van der Waals surface area contributed by atoms with Crippen LogP contribution in [0.4, 0.5) is 0 Å². The molecule has 20 heavy (non-hydrogen) atoms. The molecule has 1 aliphatic heterocycles. The van der Waals surface area contributed by atoms with Crippen molar-refractivity contribution in [2.75, 3.05) is 6.61 Å². The molecule has 2 nitrogen and oxygen atoms in total. The summed E-state index contributed by atoms with van der Waals surface area (Å²) in [5.41, 5.74) is 8.03. The highest BCUT2D eigenvalue weighted by Crippen LogP contribution is 2.55. The number of hydrogen-bond donors (Lipinski definition) is 1. The molecule has 1 spiro atoms. The highest BCUT2D eigenvalue weighted by molar-refractivity contribution is 5.07. The number of hydrogen-bond acceptors (Lipinski definition) is 2. The minimum Gasteiger partial charge on any atom is -0.375 e. The van der Waals surface area contributed by atoms with Gasteiger partial charge < -0.3 is 10.5 Å². The minimum absolute atomic E-state index is 0.0254. The van der Waals surface area contributed by atoms with Crippen molar-refractivity contribution in [1.82, 2.24) is 0 Å². The molecule has 2 aliphatic carbocycles. The molecule has 3 rings (SSSR count). The van der Waals surface area contributed by atoms with Crippen molar-refractivity contribution in [3.8, 4) is 0 Å². The van der Waals surface area contributed by atoms with Crippen LogP contribution in [-0.2, 0) is 4.74 Å². The fraction of sp³-hybridized carbons (Fsp3) is 1.00. The summed E-state index contributed by atoms with van der Waals surface area (Å²) in [6, 6.07) is 0. The van der Waals surface area contributed by atoms with Gasteiger partial charge in [0.2, 0.25) is 0 Å². The second kappa shape index (κ2) is 4.46. The fourth-order valence-electron chi connectivity index (χ4n) is 5.99. The predicted molar refractivity (Wildman–Crippen MR) is 83.6 cm³/mol. The molecule has 3 aliphatic rings. The maximum absolute atomic E-state index is 7.03. The third-order valence-corrected chi connectivity index (χ3v) is 6.14. The summed E-state index contributed by atoms with van der Waals surface area (Å²) in [6.45, 7) is 10.6. The summed E-state index contributed by atoms with van der Waals surface area (Å²) in [5.74, 6) is 0.662. The van der Waals surface area contributed by atoms with Crippen LogP contribution in [0.15, 0.2) is 0 Å². The first kappa shape index (κ1) is 14.8. The quantitative estimate of drug-likeness (QED) is 0.778. The molecule has 2 saturated carbocycles.